The average Bonchev–Trinajstić information content (AvgIpc) is 3.54. The lowest BCUT2D eigenvalue weighted by Crippen LogP contribution is -2.05. The van der Waals surface area contributed by atoms with Crippen molar-refractivity contribution in [3.8, 4) is 33.9 Å². The summed E-state index contributed by atoms with van der Waals surface area (Å²) >= 11 is 0. The van der Waals surface area contributed by atoms with Crippen molar-refractivity contribution in [1.82, 2.24) is 15.0 Å². The lowest BCUT2D eigenvalue weighted by molar-refractivity contribution is 0.669. The molecule has 0 radical (unpaired) electrons. The van der Waals surface area contributed by atoms with Gasteiger partial charge in [-0.15, -0.1) is 0 Å². The molecule has 1 atom stereocenters. The molecule has 2 aromatic heterocycles. The molecule has 0 aliphatic heterocycles. The molecule has 0 fully saturated rings. The molecule has 1 aliphatic rings. The first-order valence-electron chi connectivity index (χ1n) is 16.0. The number of hydrogen-bond donors (Lipinski definition) is 0. The zero-order valence-corrected chi connectivity index (χ0v) is 25.5. The van der Waals surface area contributed by atoms with Gasteiger partial charge in [-0.05, 0) is 52.1 Å². The fraction of sp³-hybridized carbons (Fsp3) is 0.0465. The van der Waals surface area contributed by atoms with Crippen molar-refractivity contribution >= 4 is 38.3 Å². The Morgan fingerprint density at radius 1 is 0.511 bits per heavy atom. The number of furan rings is 1. The Kier molecular flexibility index (Phi) is 6.57. The molecule has 4 heteroatoms. The van der Waals surface area contributed by atoms with E-state index in [0.29, 0.717) is 23.4 Å². The minimum absolute atomic E-state index is 0.328. The molecule has 9 rings (SSSR count). The quantitative estimate of drug-likeness (QED) is 0.196. The van der Waals surface area contributed by atoms with Gasteiger partial charge in [0.25, 0.3) is 0 Å². The second kappa shape index (κ2) is 11.3. The van der Waals surface area contributed by atoms with Gasteiger partial charge in [-0.25, -0.2) is 15.0 Å². The summed E-state index contributed by atoms with van der Waals surface area (Å²) < 4.78 is 6.49. The maximum atomic E-state index is 6.49. The summed E-state index contributed by atoms with van der Waals surface area (Å²) in [5.74, 6) is 2.25. The van der Waals surface area contributed by atoms with E-state index in [9.17, 15) is 0 Å². The molecule has 0 N–H and O–H groups in total. The van der Waals surface area contributed by atoms with Crippen LogP contribution in [-0.2, 0) is 0 Å². The van der Waals surface area contributed by atoms with Crippen LogP contribution in [0.3, 0.4) is 0 Å². The highest BCUT2D eigenvalue weighted by Crippen LogP contribution is 2.42. The SMILES string of the molecule is C1=CC(c2ccccc2)CC=C1c1nc(-c2ccccc2)nc(-c2cccc3oc4cccc(-c5ccc6ccccc6c5)c4c23)n1. The van der Waals surface area contributed by atoms with Gasteiger partial charge < -0.3 is 4.42 Å². The smallest absolute Gasteiger partial charge is 0.164 e. The fourth-order valence-corrected chi connectivity index (χ4v) is 6.73. The molecule has 4 nitrogen and oxygen atoms in total. The summed E-state index contributed by atoms with van der Waals surface area (Å²) in [5, 5.41) is 4.47. The third-order valence-electron chi connectivity index (χ3n) is 9.08. The summed E-state index contributed by atoms with van der Waals surface area (Å²) in [4.78, 5) is 15.3. The fourth-order valence-electron chi connectivity index (χ4n) is 6.73. The molecule has 8 aromatic rings. The zero-order valence-electron chi connectivity index (χ0n) is 25.5. The first-order valence-corrected chi connectivity index (χ1v) is 16.0. The number of aromatic nitrogens is 3. The Morgan fingerprint density at radius 2 is 1.17 bits per heavy atom. The van der Waals surface area contributed by atoms with Crippen LogP contribution in [0.5, 0.6) is 0 Å². The van der Waals surface area contributed by atoms with E-state index in [2.05, 4.69) is 109 Å². The normalized spacial score (nSPS) is 14.6. The van der Waals surface area contributed by atoms with E-state index in [0.717, 1.165) is 56.2 Å². The molecule has 0 saturated carbocycles. The lowest BCUT2D eigenvalue weighted by atomic mass is 9.90. The number of allylic oxidation sites excluding steroid dienone is 4. The van der Waals surface area contributed by atoms with Crippen molar-refractivity contribution in [3.05, 3.63) is 169 Å². The Hall–Kier alpha value is -6.13. The van der Waals surface area contributed by atoms with Crippen LogP contribution in [0.1, 0.15) is 23.7 Å². The Morgan fingerprint density at radius 3 is 1.94 bits per heavy atom. The van der Waals surface area contributed by atoms with Crippen LogP contribution in [0.2, 0.25) is 0 Å². The number of hydrogen-bond acceptors (Lipinski definition) is 4. The van der Waals surface area contributed by atoms with Crippen molar-refractivity contribution in [1.29, 1.82) is 0 Å². The van der Waals surface area contributed by atoms with Crippen molar-refractivity contribution in [3.63, 3.8) is 0 Å². The van der Waals surface area contributed by atoms with Crippen LogP contribution in [0.25, 0.3) is 72.2 Å². The van der Waals surface area contributed by atoms with E-state index in [1.165, 1.54) is 16.3 Å². The Balaban J connectivity index is 1.23. The van der Waals surface area contributed by atoms with Gasteiger partial charge in [-0.1, -0.05) is 140 Å². The number of fused-ring (bicyclic) bond motifs is 4. The van der Waals surface area contributed by atoms with Crippen molar-refractivity contribution in [2.75, 3.05) is 0 Å². The Labute approximate surface area is 272 Å². The maximum Gasteiger partial charge on any atom is 0.164 e. The van der Waals surface area contributed by atoms with Gasteiger partial charge in [0, 0.05) is 33.4 Å². The van der Waals surface area contributed by atoms with Crippen LogP contribution in [0.15, 0.2) is 162 Å². The molecular formula is C43H29N3O. The van der Waals surface area contributed by atoms with Crippen molar-refractivity contribution in [2.45, 2.75) is 12.3 Å². The van der Waals surface area contributed by atoms with E-state index in [4.69, 9.17) is 19.4 Å². The molecule has 0 amide bonds. The maximum absolute atomic E-state index is 6.49. The number of nitrogens with zero attached hydrogens (tertiary/aromatic N) is 3. The average molecular weight is 604 g/mol. The van der Waals surface area contributed by atoms with Gasteiger partial charge >= 0.3 is 0 Å². The van der Waals surface area contributed by atoms with Gasteiger partial charge in [0.1, 0.15) is 11.2 Å². The van der Waals surface area contributed by atoms with Crippen LogP contribution < -0.4 is 0 Å². The van der Waals surface area contributed by atoms with Crippen LogP contribution >= 0.6 is 0 Å². The van der Waals surface area contributed by atoms with Gasteiger partial charge in [0.05, 0.1) is 0 Å². The van der Waals surface area contributed by atoms with Crippen molar-refractivity contribution < 1.29 is 4.42 Å². The standard InChI is InChI=1S/C43H29N3O/c1-3-11-28(12-4-1)30-21-24-32(25-22-30)42-44-41(31-14-5-2-6-15-31)45-43(46-42)36-18-10-20-38-40(36)39-35(17-9-19-37(39)47-38)34-26-23-29-13-7-8-16-33(29)27-34/h1-21,23-27,30H,22H2. The van der Waals surface area contributed by atoms with E-state index < -0.39 is 0 Å². The summed E-state index contributed by atoms with van der Waals surface area (Å²) in [7, 11) is 0. The van der Waals surface area contributed by atoms with Crippen molar-refractivity contribution in [2.24, 2.45) is 0 Å². The second-order valence-corrected chi connectivity index (χ2v) is 12.0. The van der Waals surface area contributed by atoms with E-state index in [1.54, 1.807) is 0 Å². The van der Waals surface area contributed by atoms with E-state index in [1.807, 2.05) is 48.5 Å². The predicted molar refractivity (Wildman–Crippen MR) is 192 cm³/mol. The molecule has 222 valence electrons. The highest BCUT2D eigenvalue weighted by molar-refractivity contribution is 6.17. The molecule has 1 aliphatic carbocycles. The molecule has 0 saturated heterocycles. The van der Waals surface area contributed by atoms with E-state index >= 15 is 0 Å². The van der Waals surface area contributed by atoms with Crippen LogP contribution in [-0.4, -0.2) is 15.0 Å². The molecule has 47 heavy (non-hydrogen) atoms. The third-order valence-corrected chi connectivity index (χ3v) is 9.08. The van der Waals surface area contributed by atoms with Gasteiger partial charge in [-0.2, -0.15) is 0 Å². The van der Waals surface area contributed by atoms with E-state index in [-0.39, 0.29) is 0 Å². The summed E-state index contributed by atoms with van der Waals surface area (Å²) in [6, 6.07) is 48.3. The monoisotopic (exact) mass is 603 g/mol. The third kappa shape index (κ3) is 4.91. The minimum atomic E-state index is 0.328. The van der Waals surface area contributed by atoms with Gasteiger partial charge in [0.15, 0.2) is 17.5 Å². The molecule has 0 spiro atoms. The first-order chi connectivity index (χ1) is 23.3. The highest BCUT2D eigenvalue weighted by atomic mass is 16.3. The predicted octanol–water partition coefficient (Wildman–Crippen LogP) is 11.1. The van der Waals surface area contributed by atoms with Crippen LogP contribution in [0, 0.1) is 0 Å². The Bertz CT molecular complexity index is 2490. The molecule has 2 heterocycles. The highest BCUT2D eigenvalue weighted by Gasteiger charge is 2.21. The zero-order chi connectivity index (χ0) is 31.2. The minimum Gasteiger partial charge on any atom is -0.456 e. The lowest BCUT2D eigenvalue weighted by Gasteiger charge is -2.17. The van der Waals surface area contributed by atoms with Gasteiger partial charge in [-0.3, -0.25) is 0 Å². The molecule has 1 unspecified atom stereocenters. The largest absolute Gasteiger partial charge is 0.456 e. The van der Waals surface area contributed by atoms with Gasteiger partial charge in [0.2, 0.25) is 0 Å². The first kappa shape index (κ1) is 27.2. The topological polar surface area (TPSA) is 51.8 Å². The molecular weight excluding hydrogens is 574 g/mol. The number of benzene rings is 6. The number of rotatable bonds is 5. The van der Waals surface area contributed by atoms with Crippen LogP contribution in [0.4, 0.5) is 0 Å². The molecule has 0 bridgehead atoms. The second-order valence-electron chi connectivity index (χ2n) is 12.0. The summed E-state index contributed by atoms with van der Waals surface area (Å²) in [6.07, 6.45) is 7.54. The summed E-state index contributed by atoms with van der Waals surface area (Å²) in [5.41, 5.74) is 8.05. The molecule has 6 aromatic carbocycles. The summed E-state index contributed by atoms with van der Waals surface area (Å²) in [6.45, 7) is 0.